The molecule has 0 aliphatic carbocycles. The molecule has 0 aliphatic rings. The Kier molecular flexibility index (Phi) is 5.42. The first-order valence-corrected chi connectivity index (χ1v) is 7.62. The summed E-state index contributed by atoms with van der Waals surface area (Å²) in [6, 6.07) is 3.97. The molecule has 0 saturated heterocycles. The van der Waals surface area contributed by atoms with Gasteiger partial charge in [-0.15, -0.1) is 0 Å². The van der Waals surface area contributed by atoms with Gasteiger partial charge in [-0.2, -0.15) is 0 Å². The zero-order valence-corrected chi connectivity index (χ0v) is 13.5. The molecule has 0 fully saturated rings. The summed E-state index contributed by atoms with van der Waals surface area (Å²) in [7, 11) is 0. The SMILES string of the molecule is CCCNC(c1cncc(C)c1)c1c(F)ccc(Br)c1F. The van der Waals surface area contributed by atoms with E-state index in [9.17, 15) is 8.78 Å². The average molecular weight is 355 g/mol. The van der Waals surface area contributed by atoms with Crippen molar-refractivity contribution in [2.45, 2.75) is 26.3 Å². The number of rotatable bonds is 5. The number of pyridine rings is 1. The lowest BCUT2D eigenvalue weighted by Crippen LogP contribution is -2.25. The minimum absolute atomic E-state index is 0.0187. The van der Waals surface area contributed by atoms with Crippen molar-refractivity contribution in [1.82, 2.24) is 10.3 Å². The summed E-state index contributed by atoms with van der Waals surface area (Å²) in [5, 5.41) is 3.20. The molecule has 1 heterocycles. The smallest absolute Gasteiger partial charge is 0.145 e. The van der Waals surface area contributed by atoms with Gasteiger partial charge in [-0.25, -0.2) is 8.78 Å². The fourth-order valence-corrected chi connectivity index (χ4v) is 2.56. The Hall–Kier alpha value is -1.33. The van der Waals surface area contributed by atoms with Gasteiger partial charge in [-0.1, -0.05) is 13.0 Å². The second-order valence-corrected chi connectivity index (χ2v) is 5.79. The van der Waals surface area contributed by atoms with Crippen LogP contribution in [0.4, 0.5) is 8.78 Å². The van der Waals surface area contributed by atoms with Crippen LogP contribution in [0.3, 0.4) is 0 Å². The standard InChI is InChI=1S/C16H17BrF2N2/c1-3-6-21-16(11-7-10(2)8-20-9-11)14-13(18)5-4-12(17)15(14)19/h4-5,7-9,16,21H,3,6H2,1-2H3. The fourth-order valence-electron chi connectivity index (χ4n) is 2.22. The minimum Gasteiger partial charge on any atom is -0.306 e. The van der Waals surface area contributed by atoms with Crippen molar-refractivity contribution in [1.29, 1.82) is 0 Å². The van der Waals surface area contributed by atoms with E-state index >= 15 is 0 Å². The molecule has 112 valence electrons. The van der Waals surface area contributed by atoms with Crippen molar-refractivity contribution < 1.29 is 8.78 Å². The van der Waals surface area contributed by atoms with Gasteiger partial charge in [-0.05, 0) is 59.1 Å². The number of aromatic nitrogens is 1. The highest BCUT2D eigenvalue weighted by Crippen LogP contribution is 2.30. The zero-order chi connectivity index (χ0) is 15.4. The third-order valence-electron chi connectivity index (χ3n) is 3.20. The maximum Gasteiger partial charge on any atom is 0.145 e. The van der Waals surface area contributed by atoms with Gasteiger partial charge < -0.3 is 5.32 Å². The summed E-state index contributed by atoms with van der Waals surface area (Å²) in [6.07, 6.45) is 4.22. The molecule has 1 atom stereocenters. The third-order valence-corrected chi connectivity index (χ3v) is 3.81. The molecular formula is C16H17BrF2N2. The van der Waals surface area contributed by atoms with E-state index in [2.05, 4.69) is 26.2 Å². The van der Waals surface area contributed by atoms with E-state index < -0.39 is 17.7 Å². The van der Waals surface area contributed by atoms with Crippen molar-refractivity contribution in [2.75, 3.05) is 6.54 Å². The molecule has 2 nitrogen and oxygen atoms in total. The van der Waals surface area contributed by atoms with Gasteiger partial charge in [0.15, 0.2) is 0 Å². The van der Waals surface area contributed by atoms with Crippen LogP contribution in [0.5, 0.6) is 0 Å². The van der Waals surface area contributed by atoms with E-state index in [4.69, 9.17) is 0 Å². The number of nitrogens with zero attached hydrogens (tertiary/aromatic N) is 1. The van der Waals surface area contributed by atoms with Crippen molar-refractivity contribution >= 4 is 15.9 Å². The highest BCUT2D eigenvalue weighted by atomic mass is 79.9. The van der Waals surface area contributed by atoms with Crippen LogP contribution in [0, 0.1) is 18.6 Å². The molecule has 0 radical (unpaired) electrons. The maximum absolute atomic E-state index is 14.4. The fraction of sp³-hybridized carbons (Fsp3) is 0.312. The number of nitrogens with one attached hydrogen (secondary N) is 1. The van der Waals surface area contributed by atoms with Crippen LogP contribution in [0.15, 0.2) is 35.1 Å². The number of halogens is 3. The molecule has 21 heavy (non-hydrogen) atoms. The Morgan fingerprint density at radius 3 is 2.71 bits per heavy atom. The van der Waals surface area contributed by atoms with E-state index in [0.29, 0.717) is 6.54 Å². The van der Waals surface area contributed by atoms with E-state index in [1.807, 2.05) is 19.9 Å². The first kappa shape index (κ1) is 16.0. The van der Waals surface area contributed by atoms with Crippen molar-refractivity contribution in [3.63, 3.8) is 0 Å². The highest BCUT2D eigenvalue weighted by molar-refractivity contribution is 9.10. The Morgan fingerprint density at radius 1 is 1.29 bits per heavy atom. The summed E-state index contributed by atoms with van der Waals surface area (Å²) in [5.74, 6) is -1.14. The first-order chi connectivity index (χ1) is 10.0. The molecule has 0 amide bonds. The van der Waals surface area contributed by atoms with Crippen LogP contribution in [-0.4, -0.2) is 11.5 Å². The van der Waals surface area contributed by atoms with Crippen molar-refractivity contribution in [3.8, 4) is 0 Å². The van der Waals surface area contributed by atoms with Crippen LogP contribution in [0.2, 0.25) is 0 Å². The quantitative estimate of drug-likeness (QED) is 0.798. The predicted octanol–water partition coefficient (Wildman–Crippen LogP) is 4.52. The normalized spacial score (nSPS) is 12.4. The minimum atomic E-state index is -0.579. The van der Waals surface area contributed by atoms with E-state index in [-0.39, 0.29) is 10.0 Å². The van der Waals surface area contributed by atoms with E-state index in [1.165, 1.54) is 12.1 Å². The van der Waals surface area contributed by atoms with Gasteiger partial charge in [0.05, 0.1) is 10.5 Å². The molecule has 0 bridgehead atoms. The third kappa shape index (κ3) is 3.66. The second kappa shape index (κ2) is 7.09. The molecule has 2 aromatic rings. The molecule has 0 spiro atoms. The van der Waals surface area contributed by atoms with E-state index in [0.717, 1.165) is 17.5 Å². The molecule has 0 aliphatic heterocycles. The molecule has 1 aromatic heterocycles. The number of aryl methyl sites for hydroxylation is 1. The number of benzene rings is 1. The van der Waals surface area contributed by atoms with Crippen LogP contribution in [0.25, 0.3) is 0 Å². The largest absolute Gasteiger partial charge is 0.306 e. The van der Waals surface area contributed by atoms with Gasteiger partial charge in [0.1, 0.15) is 11.6 Å². The lowest BCUT2D eigenvalue weighted by atomic mass is 9.98. The zero-order valence-electron chi connectivity index (χ0n) is 12.0. The molecule has 1 unspecified atom stereocenters. The average Bonchev–Trinajstić information content (AvgIpc) is 2.46. The lowest BCUT2D eigenvalue weighted by molar-refractivity contribution is 0.499. The maximum atomic E-state index is 14.4. The van der Waals surface area contributed by atoms with Gasteiger partial charge in [0.25, 0.3) is 0 Å². The number of hydrogen-bond acceptors (Lipinski definition) is 2. The van der Waals surface area contributed by atoms with Gasteiger partial charge in [0.2, 0.25) is 0 Å². The van der Waals surface area contributed by atoms with Crippen LogP contribution >= 0.6 is 15.9 Å². The predicted molar refractivity (Wildman–Crippen MR) is 83.2 cm³/mol. The Morgan fingerprint density at radius 2 is 2.05 bits per heavy atom. The Bertz CT molecular complexity index is 632. The monoisotopic (exact) mass is 354 g/mol. The van der Waals surface area contributed by atoms with Crippen LogP contribution in [0.1, 0.15) is 36.1 Å². The molecule has 1 aromatic carbocycles. The summed E-state index contributed by atoms with van der Waals surface area (Å²) in [5.41, 5.74) is 1.72. The van der Waals surface area contributed by atoms with Gasteiger partial charge >= 0.3 is 0 Å². The van der Waals surface area contributed by atoms with Crippen molar-refractivity contribution in [2.24, 2.45) is 0 Å². The summed E-state index contributed by atoms with van der Waals surface area (Å²) >= 11 is 3.12. The summed E-state index contributed by atoms with van der Waals surface area (Å²) in [6.45, 7) is 4.57. The molecule has 0 saturated carbocycles. The summed E-state index contributed by atoms with van der Waals surface area (Å²) < 4.78 is 28.8. The Labute approximate surface area is 131 Å². The molecule has 2 rings (SSSR count). The summed E-state index contributed by atoms with van der Waals surface area (Å²) in [4.78, 5) is 4.12. The highest BCUT2D eigenvalue weighted by Gasteiger charge is 2.23. The van der Waals surface area contributed by atoms with Crippen LogP contribution < -0.4 is 5.32 Å². The van der Waals surface area contributed by atoms with Gasteiger partial charge in [0, 0.05) is 18.0 Å². The topological polar surface area (TPSA) is 24.9 Å². The first-order valence-electron chi connectivity index (χ1n) is 6.83. The van der Waals surface area contributed by atoms with E-state index in [1.54, 1.807) is 12.4 Å². The van der Waals surface area contributed by atoms with Gasteiger partial charge in [-0.3, -0.25) is 4.98 Å². The lowest BCUT2D eigenvalue weighted by Gasteiger charge is -2.21. The molecular weight excluding hydrogens is 338 g/mol. The Balaban J connectivity index is 2.53. The second-order valence-electron chi connectivity index (χ2n) is 4.94. The van der Waals surface area contributed by atoms with Crippen LogP contribution in [-0.2, 0) is 0 Å². The molecule has 1 N–H and O–H groups in total. The number of hydrogen-bond donors (Lipinski definition) is 1. The molecule has 5 heteroatoms. The van der Waals surface area contributed by atoms with Crippen molar-refractivity contribution in [3.05, 3.63) is 63.4 Å².